The van der Waals surface area contributed by atoms with Gasteiger partial charge in [0.2, 0.25) is 0 Å². The van der Waals surface area contributed by atoms with Crippen LogP contribution in [0.4, 0.5) is 4.79 Å². The van der Waals surface area contributed by atoms with Gasteiger partial charge in [-0.3, -0.25) is 0 Å². The van der Waals surface area contributed by atoms with Crippen LogP contribution in [0.5, 0.6) is 0 Å². The van der Waals surface area contributed by atoms with Gasteiger partial charge in [0.05, 0.1) is 18.8 Å². The van der Waals surface area contributed by atoms with Gasteiger partial charge in [-0.15, -0.1) is 0 Å². The Kier molecular flexibility index (Phi) is 5.22. The fraction of sp³-hybridized carbons (Fsp3) is 0.353. The molecule has 3 N–H and O–H groups in total. The van der Waals surface area contributed by atoms with Crippen LogP contribution in [-0.4, -0.2) is 17.7 Å². The number of benzene rings is 1. The first-order valence-corrected chi connectivity index (χ1v) is 7.29. The minimum Gasteiger partial charge on any atom is -0.467 e. The number of aliphatic hydroxyl groups is 1. The van der Waals surface area contributed by atoms with E-state index in [-0.39, 0.29) is 18.6 Å². The molecule has 0 fully saturated rings. The Bertz CT molecular complexity index is 603. The molecule has 0 bridgehead atoms. The number of carbonyl (C=O) groups excluding carboxylic acids is 1. The van der Waals surface area contributed by atoms with Crippen LogP contribution in [0, 0.1) is 13.8 Å². The smallest absolute Gasteiger partial charge is 0.315 e. The Morgan fingerprint density at radius 3 is 2.55 bits per heavy atom. The number of aliphatic hydroxyl groups excluding tert-OH is 1. The number of amides is 2. The second-order valence-corrected chi connectivity index (χ2v) is 5.53. The minimum absolute atomic E-state index is 0.0961. The van der Waals surface area contributed by atoms with Crippen molar-refractivity contribution in [3.05, 3.63) is 59.0 Å². The predicted octanol–water partition coefficient (Wildman–Crippen LogP) is 2.99. The Hall–Kier alpha value is -2.27. The lowest BCUT2D eigenvalue weighted by Crippen LogP contribution is -2.39. The van der Waals surface area contributed by atoms with Crippen molar-refractivity contribution in [2.24, 2.45) is 0 Å². The molecule has 0 spiro atoms. The lowest BCUT2D eigenvalue weighted by Gasteiger charge is -2.17. The van der Waals surface area contributed by atoms with E-state index in [1.165, 1.54) is 6.26 Å². The summed E-state index contributed by atoms with van der Waals surface area (Å²) in [5, 5.41) is 15.3. The maximum atomic E-state index is 11.9. The normalized spacial score (nSPS) is 13.5. The van der Waals surface area contributed by atoms with Crippen LogP contribution in [0.15, 0.2) is 41.0 Å². The SMILES string of the molecule is Cc1cc(C)cc(C(C)NC(=O)NCC(O)c2ccco2)c1. The molecule has 5 heteroatoms. The van der Waals surface area contributed by atoms with Gasteiger partial charge in [-0.1, -0.05) is 29.3 Å². The molecule has 0 saturated heterocycles. The molecule has 2 unspecified atom stereocenters. The zero-order valence-electron chi connectivity index (χ0n) is 13.1. The summed E-state index contributed by atoms with van der Waals surface area (Å²) < 4.78 is 5.08. The van der Waals surface area contributed by atoms with Crippen molar-refractivity contribution in [3.63, 3.8) is 0 Å². The molecule has 1 heterocycles. The van der Waals surface area contributed by atoms with Gasteiger partial charge in [-0.05, 0) is 38.5 Å². The molecule has 0 aliphatic carbocycles. The van der Waals surface area contributed by atoms with Crippen molar-refractivity contribution in [2.45, 2.75) is 32.9 Å². The monoisotopic (exact) mass is 302 g/mol. The highest BCUT2D eigenvalue weighted by molar-refractivity contribution is 5.74. The molecule has 1 aromatic heterocycles. The van der Waals surface area contributed by atoms with E-state index in [4.69, 9.17) is 4.42 Å². The highest BCUT2D eigenvalue weighted by Gasteiger charge is 2.14. The summed E-state index contributed by atoms with van der Waals surface area (Å²) in [6.07, 6.45) is 0.637. The van der Waals surface area contributed by atoms with E-state index in [1.54, 1.807) is 12.1 Å². The number of urea groups is 1. The molecular formula is C17H22N2O3. The van der Waals surface area contributed by atoms with Crippen molar-refractivity contribution >= 4 is 6.03 Å². The minimum atomic E-state index is -0.850. The van der Waals surface area contributed by atoms with Crippen molar-refractivity contribution in [2.75, 3.05) is 6.54 Å². The van der Waals surface area contributed by atoms with Crippen LogP contribution in [0.2, 0.25) is 0 Å². The number of carbonyl (C=O) groups is 1. The van der Waals surface area contributed by atoms with E-state index in [0.29, 0.717) is 5.76 Å². The van der Waals surface area contributed by atoms with Gasteiger partial charge < -0.3 is 20.2 Å². The molecule has 22 heavy (non-hydrogen) atoms. The summed E-state index contributed by atoms with van der Waals surface area (Å²) in [5.41, 5.74) is 3.38. The quantitative estimate of drug-likeness (QED) is 0.795. The van der Waals surface area contributed by atoms with Gasteiger partial charge >= 0.3 is 6.03 Å². The summed E-state index contributed by atoms with van der Waals surface area (Å²) in [6.45, 7) is 6.09. The molecule has 0 aliphatic rings. The molecule has 0 saturated carbocycles. The largest absolute Gasteiger partial charge is 0.467 e. The topological polar surface area (TPSA) is 74.5 Å². The molecule has 0 radical (unpaired) electrons. The van der Waals surface area contributed by atoms with Crippen molar-refractivity contribution in [1.29, 1.82) is 0 Å². The van der Waals surface area contributed by atoms with Gasteiger partial charge in [0, 0.05) is 0 Å². The van der Waals surface area contributed by atoms with Gasteiger partial charge in [0.1, 0.15) is 11.9 Å². The van der Waals surface area contributed by atoms with Gasteiger partial charge in [0.15, 0.2) is 0 Å². The summed E-state index contributed by atoms with van der Waals surface area (Å²) >= 11 is 0. The van der Waals surface area contributed by atoms with Crippen molar-refractivity contribution < 1.29 is 14.3 Å². The van der Waals surface area contributed by atoms with E-state index in [2.05, 4.69) is 28.8 Å². The molecule has 1 aromatic carbocycles. The number of hydrogen-bond acceptors (Lipinski definition) is 3. The molecule has 2 atom stereocenters. The Morgan fingerprint density at radius 1 is 1.27 bits per heavy atom. The fourth-order valence-electron chi connectivity index (χ4n) is 2.36. The van der Waals surface area contributed by atoms with E-state index < -0.39 is 6.10 Å². The lowest BCUT2D eigenvalue weighted by atomic mass is 10.0. The summed E-state index contributed by atoms with van der Waals surface area (Å²) in [7, 11) is 0. The Balaban J connectivity index is 1.86. The molecule has 2 rings (SSSR count). The second-order valence-electron chi connectivity index (χ2n) is 5.53. The third kappa shape index (κ3) is 4.36. The van der Waals surface area contributed by atoms with Crippen LogP contribution >= 0.6 is 0 Å². The van der Waals surface area contributed by atoms with Gasteiger partial charge in [-0.25, -0.2) is 4.79 Å². The van der Waals surface area contributed by atoms with Crippen LogP contribution in [0.25, 0.3) is 0 Å². The average Bonchev–Trinajstić information content (AvgIpc) is 2.98. The number of hydrogen-bond donors (Lipinski definition) is 3. The Labute approximate surface area is 130 Å². The van der Waals surface area contributed by atoms with Crippen LogP contribution in [0.1, 0.15) is 41.5 Å². The van der Waals surface area contributed by atoms with E-state index >= 15 is 0 Å². The van der Waals surface area contributed by atoms with E-state index in [1.807, 2.05) is 20.8 Å². The van der Waals surface area contributed by atoms with Crippen LogP contribution in [-0.2, 0) is 0 Å². The molecule has 0 aliphatic heterocycles. The number of nitrogens with one attached hydrogen (secondary N) is 2. The van der Waals surface area contributed by atoms with Crippen molar-refractivity contribution in [1.82, 2.24) is 10.6 Å². The number of aryl methyl sites for hydroxylation is 2. The maximum absolute atomic E-state index is 11.9. The zero-order chi connectivity index (χ0) is 16.1. The van der Waals surface area contributed by atoms with E-state index in [9.17, 15) is 9.90 Å². The summed E-state index contributed by atoms with van der Waals surface area (Å²) in [5.74, 6) is 0.433. The first-order valence-electron chi connectivity index (χ1n) is 7.29. The highest BCUT2D eigenvalue weighted by Crippen LogP contribution is 2.16. The van der Waals surface area contributed by atoms with Crippen LogP contribution < -0.4 is 10.6 Å². The predicted molar refractivity (Wildman–Crippen MR) is 84.5 cm³/mol. The van der Waals surface area contributed by atoms with E-state index in [0.717, 1.165) is 16.7 Å². The average molecular weight is 302 g/mol. The highest BCUT2D eigenvalue weighted by atomic mass is 16.4. The lowest BCUT2D eigenvalue weighted by molar-refractivity contribution is 0.147. The molecule has 118 valence electrons. The molecular weight excluding hydrogens is 280 g/mol. The maximum Gasteiger partial charge on any atom is 0.315 e. The third-order valence-corrected chi connectivity index (χ3v) is 3.42. The molecule has 2 amide bonds. The van der Waals surface area contributed by atoms with Crippen molar-refractivity contribution in [3.8, 4) is 0 Å². The van der Waals surface area contributed by atoms with Gasteiger partial charge in [-0.2, -0.15) is 0 Å². The first-order chi connectivity index (χ1) is 10.5. The zero-order valence-corrected chi connectivity index (χ0v) is 13.1. The van der Waals surface area contributed by atoms with Crippen LogP contribution in [0.3, 0.4) is 0 Å². The summed E-state index contributed by atoms with van der Waals surface area (Å²) in [4.78, 5) is 11.9. The summed E-state index contributed by atoms with van der Waals surface area (Å²) in [6, 6.07) is 9.13. The number of rotatable bonds is 5. The number of furan rings is 1. The third-order valence-electron chi connectivity index (χ3n) is 3.42. The standard InChI is InChI=1S/C17H22N2O3/c1-11-7-12(2)9-14(8-11)13(3)19-17(21)18-10-15(20)16-5-4-6-22-16/h4-9,13,15,20H,10H2,1-3H3,(H2,18,19,21). The second kappa shape index (κ2) is 7.13. The molecule has 5 nitrogen and oxygen atoms in total. The Morgan fingerprint density at radius 2 is 1.95 bits per heavy atom. The first kappa shape index (κ1) is 16.1. The molecule has 2 aromatic rings. The van der Waals surface area contributed by atoms with Gasteiger partial charge in [0.25, 0.3) is 0 Å². The fourth-order valence-corrected chi connectivity index (χ4v) is 2.36.